The summed E-state index contributed by atoms with van der Waals surface area (Å²) in [5, 5.41) is 3.04. The highest BCUT2D eigenvalue weighted by Crippen LogP contribution is 2.34. The summed E-state index contributed by atoms with van der Waals surface area (Å²) in [6.45, 7) is 5.58. The third kappa shape index (κ3) is 4.72. The van der Waals surface area contributed by atoms with Crippen LogP contribution >= 0.6 is 0 Å². The molecule has 0 bridgehead atoms. The van der Waals surface area contributed by atoms with Crippen LogP contribution in [-0.4, -0.2) is 63.7 Å². The fourth-order valence-electron chi connectivity index (χ4n) is 3.86. The zero-order valence-electron chi connectivity index (χ0n) is 18.7. The summed E-state index contributed by atoms with van der Waals surface area (Å²) < 4.78 is 12.9. The SMILES string of the molecule is CCn1c(NC(=O)c2cnc(N)nc2)nc2c(OC)c(OCCN3CCCC3)ccc2c1=O. The lowest BCUT2D eigenvalue weighted by atomic mass is 10.2. The van der Waals surface area contributed by atoms with Gasteiger partial charge in [-0.2, -0.15) is 0 Å². The van der Waals surface area contributed by atoms with Crippen molar-refractivity contribution in [2.24, 2.45) is 0 Å². The van der Waals surface area contributed by atoms with Gasteiger partial charge in [0.1, 0.15) is 12.1 Å². The number of benzene rings is 1. The van der Waals surface area contributed by atoms with E-state index in [0.29, 0.717) is 35.6 Å². The molecule has 1 aromatic carbocycles. The van der Waals surface area contributed by atoms with Gasteiger partial charge in [0.05, 0.1) is 18.1 Å². The molecule has 1 saturated heterocycles. The van der Waals surface area contributed by atoms with Crippen LogP contribution in [0, 0.1) is 0 Å². The molecule has 3 heterocycles. The van der Waals surface area contributed by atoms with Gasteiger partial charge in [0.15, 0.2) is 11.5 Å². The number of nitrogens with two attached hydrogens (primary N) is 1. The second kappa shape index (κ2) is 9.82. The zero-order chi connectivity index (χ0) is 23.4. The largest absolute Gasteiger partial charge is 0.491 e. The molecule has 0 aliphatic carbocycles. The van der Waals surface area contributed by atoms with Crippen LogP contribution in [0.5, 0.6) is 11.5 Å². The number of ether oxygens (including phenoxy) is 2. The van der Waals surface area contributed by atoms with Gasteiger partial charge in [-0.15, -0.1) is 0 Å². The second-order valence-electron chi connectivity index (χ2n) is 7.66. The first-order chi connectivity index (χ1) is 16.0. The van der Waals surface area contributed by atoms with Crippen molar-refractivity contribution in [1.82, 2.24) is 24.4 Å². The molecule has 2 aromatic heterocycles. The zero-order valence-corrected chi connectivity index (χ0v) is 18.7. The number of fused-ring (bicyclic) bond motifs is 1. The monoisotopic (exact) mass is 453 g/mol. The number of methoxy groups -OCH3 is 1. The number of anilines is 2. The molecule has 0 spiro atoms. The summed E-state index contributed by atoms with van der Waals surface area (Å²) in [6, 6.07) is 3.39. The lowest BCUT2D eigenvalue weighted by molar-refractivity contribution is 0.102. The van der Waals surface area contributed by atoms with Crippen LogP contribution < -0.4 is 26.1 Å². The summed E-state index contributed by atoms with van der Waals surface area (Å²) in [7, 11) is 1.50. The normalized spacial score (nSPS) is 13.9. The maximum Gasteiger partial charge on any atom is 0.262 e. The number of carbonyl (C=O) groups excluding carboxylic acids is 1. The van der Waals surface area contributed by atoms with Gasteiger partial charge in [-0.3, -0.25) is 24.4 Å². The molecule has 0 unspecified atom stereocenters. The first-order valence-corrected chi connectivity index (χ1v) is 10.9. The molecule has 11 heteroatoms. The first-order valence-electron chi connectivity index (χ1n) is 10.9. The van der Waals surface area contributed by atoms with E-state index in [-0.39, 0.29) is 23.0 Å². The van der Waals surface area contributed by atoms with Gasteiger partial charge in [0.25, 0.3) is 11.5 Å². The van der Waals surface area contributed by atoms with E-state index in [0.717, 1.165) is 19.6 Å². The minimum Gasteiger partial charge on any atom is -0.491 e. The van der Waals surface area contributed by atoms with Crippen molar-refractivity contribution in [3.8, 4) is 11.5 Å². The van der Waals surface area contributed by atoms with Gasteiger partial charge in [0.2, 0.25) is 11.9 Å². The summed E-state index contributed by atoms with van der Waals surface area (Å²) >= 11 is 0. The number of aromatic nitrogens is 4. The van der Waals surface area contributed by atoms with Crippen LogP contribution in [0.3, 0.4) is 0 Å². The summed E-state index contributed by atoms with van der Waals surface area (Å²) in [4.78, 5) is 40.4. The molecule has 1 aliphatic rings. The van der Waals surface area contributed by atoms with E-state index < -0.39 is 5.91 Å². The van der Waals surface area contributed by atoms with Crippen molar-refractivity contribution >= 4 is 28.7 Å². The minimum atomic E-state index is -0.513. The predicted molar refractivity (Wildman–Crippen MR) is 124 cm³/mol. The summed E-state index contributed by atoms with van der Waals surface area (Å²) in [5.74, 6) is 0.475. The topological polar surface area (TPSA) is 137 Å². The quantitative estimate of drug-likeness (QED) is 0.520. The molecule has 1 aliphatic heterocycles. The molecule has 0 radical (unpaired) electrons. The first kappa shape index (κ1) is 22.5. The van der Waals surface area contributed by atoms with Crippen LogP contribution in [0.25, 0.3) is 10.9 Å². The Morgan fingerprint density at radius 2 is 1.94 bits per heavy atom. The Hall–Kier alpha value is -3.73. The van der Waals surface area contributed by atoms with Gasteiger partial charge < -0.3 is 15.2 Å². The van der Waals surface area contributed by atoms with E-state index in [9.17, 15) is 9.59 Å². The van der Waals surface area contributed by atoms with Crippen molar-refractivity contribution in [3.63, 3.8) is 0 Å². The van der Waals surface area contributed by atoms with E-state index in [1.807, 2.05) is 0 Å². The Morgan fingerprint density at radius 3 is 2.61 bits per heavy atom. The van der Waals surface area contributed by atoms with E-state index in [2.05, 4.69) is 25.2 Å². The molecule has 3 aromatic rings. The average molecular weight is 454 g/mol. The van der Waals surface area contributed by atoms with Gasteiger partial charge >= 0.3 is 0 Å². The van der Waals surface area contributed by atoms with Crippen LogP contribution in [0.1, 0.15) is 30.1 Å². The van der Waals surface area contributed by atoms with Crippen LogP contribution in [0.15, 0.2) is 29.3 Å². The molecule has 3 N–H and O–H groups in total. The fourth-order valence-corrected chi connectivity index (χ4v) is 3.86. The minimum absolute atomic E-state index is 0.0582. The Kier molecular flexibility index (Phi) is 6.68. The lowest BCUT2D eigenvalue weighted by Gasteiger charge is -2.18. The maximum absolute atomic E-state index is 13.1. The molecule has 11 nitrogen and oxygen atoms in total. The van der Waals surface area contributed by atoms with Gasteiger partial charge in [-0.05, 0) is 45.0 Å². The Bertz CT molecular complexity index is 1200. The number of nitrogens with zero attached hydrogens (tertiary/aromatic N) is 5. The van der Waals surface area contributed by atoms with Crippen LogP contribution in [0.2, 0.25) is 0 Å². The molecule has 33 heavy (non-hydrogen) atoms. The van der Waals surface area contributed by atoms with Gasteiger partial charge in [0, 0.05) is 25.5 Å². The highest BCUT2D eigenvalue weighted by Gasteiger charge is 2.20. The molecule has 0 atom stereocenters. The van der Waals surface area contributed by atoms with Gasteiger partial charge in [-0.25, -0.2) is 15.0 Å². The molecular weight excluding hydrogens is 426 g/mol. The number of hydrogen-bond donors (Lipinski definition) is 2. The van der Waals surface area contributed by atoms with Gasteiger partial charge in [-0.1, -0.05) is 0 Å². The van der Waals surface area contributed by atoms with E-state index in [4.69, 9.17) is 15.2 Å². The standard InChI is InChI=1S/C22H27N7O4/c1-3-29-20(31)15-6-7-16(33-11-10-28-8-4-5-9-28)18(32-2)17(15)26-22(29)27-19(30)14-12-24-21(23)25-13-14/h6-7,12-13H,3-5,8-11H2,1-2H3,(H2,23,24,25)(H,26,27,30). The number of likely N-dealkylation sites (tertiary alicyclic amines) is 1. The number of hydrogen-bond acceptors (Lipinski definition) is 9. The smallest absolute Gasteiger partial charge is 0.262 e. The number of carbonyl (C=O) groups is 1. The maximum atomic E-state index is 13.1. The van der Waals surface area contributed by atoms with E-state index >= 15 is 0 Å². The van der Waals surface area contributed by atoms with E-state index in [1.165, 1.54) is 36.9 Å². The summed E-state index contributed by atoms with van der Waals surface area (Å²) in [6.07, 6.45) is 5.04. The summed E-state index contributed by atoms with van der Waals surface area (Å²) in [5.41, 5.74) is 5.69. The number of rotatable bonds is 8. The molecule has 1 amide bonds. The number of nitrogen functional groups attached to an aromatic ring is 1. The van der Waals surface area contributed by atoms with Crippen molar-refractivity contribution in [1.29, 1.82) is 0 Å². The molecule has 4 rings (SSSR count). The lowest BCUT2D eigenvalue weighted by Crippen LogP contribution is -2.27. The Balaban J connectivity index is 1.66. The highest BCUT2D eigenvalue weighted by molar-refractivity contribution is 6.03. The molecule has 0 saturated carbocycles. The van der Waals surface area contributed by atoms with Crippen molar-refractivity contribution < 1.29 is 14.3 Å². The van der Waals surface area contributed by atoms with Crippen molar-refractivity contribution in [2.45, 2.75) is 26.3 Å². The third-order valence-electron chi connectivity index (χ3n) is 5.59. The predicted octanol–water partition coefficient (Wildman–Crippen LogP) is 1.52. The number of nitrogens with one attached hydrogen (secondary N) is 1. The van der Waals surface area contributed by atoms with E-state index in [1.54, 1.807) is 19.1 Å². The van der Waals surface area contributed by atoms with Crippen LogP contribution in [0.4, 0.5) is 11.9 Å². The Morgan fingerprint density at radius 1 is 1.21 bits per heavy atom. The third-order valence-corrected chi connectivity index (χ3v) is 5.59. The highest BCUT2D eigenvalue weighted by atomic mass is 16.5. The van der Waals surface area contributed by atoms with Crippen molar-refractivity contribution in [3.05, 3.63) is 40.4 Å². The molecule has 174 valence electrons. The molecule has 1 fully saturated rings. The Labute approximate surface area is 190 Å². The van der Waals surface area contributed by atoms with Crippen molar-refractivity contribution in [2.75, 3.05) is 44.4 Å². The second-order valence-corrected chi connectivity index (χ2v) is 7.66. The average Bonchev–Trinajstić information content (AvgIpc) is 3.33. The molecular formula is C22H27N7O4. The van der Waals surface area contributed by atoms with Crippen LogP contribution in [-0.2, 0) is 6.54 Å². The number of amides is 1. The fraction of sp³-hybridized carbons (Fsp3) is 0.409.